The second-order valence-corrected chi connectivity index (χ2v) is 5.73. The van der Waals surface area contributed by atoms with Crippen molar-refractivity contribution in [2.45, 2.75) is 57.4 Å². The molecule has 5 heteroatoms. The Hall–Kier alpha value is -0.970. The molecule has 0 bridgehead atoms. The summed E-state index contributed by atoms with van der Waals surface area (Å²) in [5.74, 6) is 0.0616. The molecule has 0 spiro atoms. The van der Waals surface area contributed by atoms with Crippen molar-refractivity contribution in [2.24, 2.45) is 11.7 Å². The summed E-state index contributed by atoms with van der Waals surface area (Å²) in [6.45, 7) is 0. The summed E-state index contributed by atoms with van der Waals surface area (Å²) in [5.41, 5.74) is 5.81. The number of hydrogen-bond donors (Lipinski definition) is 1. The zero-order valence-electron chi connectivity index (χ0n) is 10.6. The summed E-state index contributed by atoms with van der Waals surface area (Å²) in [6.07, 6.45) is 7.07. The van der Waals surface area contributed by atoms with Gasteiger partial charge >= 0.3 is 0 Å². The number of piperidine rings is 1. The van der Waals surface area contributed by atoms with Crippen LogP contribution in [0, 0.1) is 5.92 Å². The predicted molar refractivity (Wildman–Crippen MR) is 72.9 cm³/mol. The van der Waals surface area contributed by atoms with Gasteiger partial charge in [0, 0.05) is 12.8 Å². The number of nitrogens with two attached hydrogens (primary N) is 1. The Morgan fingerprint density at radius 3 is 2.17 bits per heavy atom. The molecular weight excluding hydrogens is 248 g/mol. The molecule has 1 aliphatic heterocycles. The Kier molecular flexibility index (Phi) is 4.32. The first kappa shape index (κ1) is 13.5. The second-order valence-electron chi connectivity index (χ2n) is 5.26. The minimum atomic E-state index is -0.347. The van der Waals surface area contributed by atoms with Crippen LogP contribution in [0.3, 0.4) is 0 Å². The summed E-state index contributed by atoms with van der Waals surface area (Å²) in [4.78, 5) is 25.6. The van der Waals surface area contributed by atoms with Crippen LogP contribution in [0.15, 0.2) is 0 Å². The van der Waals surface area contributed by atoms with Gasteiger partial charge in [-0.25, -0.2) is 0 Å². The molecule has 1 atom stereocenters. The Balaban J connectivity index is 2.19. The average molecular weight is 268 g/mol. The second kappa shape index (κ2) is 5.78. The highest BCUT2D eigenvalue weighted by atomic mass is 32.1. The lowest BCUT2D eigenvalue weighted by atomic mass is 9.82. The number of thiocarbonyl (C=S) groups is 1. The average Bonchev–Trinajstić information content (AvgIpc) is 2.34. The lowest BCUT2D eigenvalue weighted by Gasteiger charge is -2.38. The van der Waals surface area contributed by atoms with E-state index in [1.165, 1.54) is 11.3 Å². The Labute approximate surface area is 113 Å². The number of amides is 2. The molecule has 2 aliphatic rings. The predicted octanol–water partition coefficient (Wildman–Crippen LogP) is 1.76. The quantitative estimate of drug-likeness (QED) is 0.626. The third kappa shape index (κ3) is 2.71. The van der Waals surface area contributed by atoms with E-state index in [1.54, 1.807) is 0 Å². The van der Waals surface area contributed by atoms with Crippen molar-refractivity contribution in [1.29, 1.82) is 0 Å². The highest BCUT2D eigenvalue weighted by Crippen LogP contribution is 2.31. The molecule has 0 aromatic carbocycles. The molecule has 1 heterocycles. The normalized spacial score (nSPS) is 24.1. The molecule has 0 aromatic rings. The number of carbonyl (C=O) groups is 2. The number of nitrogens with zero attached hydrogens (tertiary/aromatic N) is 1. The van der Waals surface area contributed by atoms with Gasteiger partial charge in [-0.1, -0.05) is 31.5 Å². The van der Waals surface area contributed by atoms with E-state index in [-0.39, 0.29) is 23.8 Å². The minimum absolute atomic E-state index is 0.102. The molecular formula is C13H20N2O2S. The van der Waals surface area contributed by atoms with E-state index in [9.17, 15) is 9.59 Å². The van der Waals surface area contributed by atoms with E-state index in [0.29, 0.717) is 24.3 Å². The lowest BCUT2D eigenvalue weighted by molar-refractivity contribution is -0.150. The number of imide groups is 1. The molecule has 2 rings (SSSR count). The first-order valence-electron chi connectivity index (χ1n) is 6.75. The van der Waals surface area contributed by atoms with Crippen molar-refractivity contribution in [3.05, 3.63) is 0 Å². The zero-order chi connectivity index (χ0) is 13.1. The van der Waals surface area contributed by atoms with Gasteiger partial charge in [-0.2, -0.15) is 0 Å². The lowest BCUT2D eigenvalue weighted by Crippen LogP contribution is -2.55. The fourth-order valence-corrected chi connectivity index (χ4v) is 3.40. The van der Waals surface area contributed by atoms with E-state index in [2.05, 4.69) is 0 Å². The third-order valence-electron chi connectivity index (χ3n) is 3.98. The van der Waals surface area contributed by atoms with E-state index in [4.69, 9.17) is 18.0 Å². The molecule has 1 saturated carbocycles. The maximum absolute atomic E-state index is 12.0. The van der Waals surface area contributed by atoms with Gasteiger partial charge in [0.25, 0.3) is 0 Å². The number of rotatable bonds is 3. The molecule has 0 aromatic heterocycles. The van der Waals surface area contributed by atoms with Crippen molar-refractivity contribution >= 4 is 29.0 Å². The minimum Gasteiger partial charge on any atom is -0.392 e. The molecule has 1 unspecified atom stereocenters. The van der Waals surface area contributed by atoms with Crippen LogP contribution in [0.1, 0.15) is 51.4 Å². The fraction of sp³-hybridized carbons (Fsp3) is 0.769. The molecule has 0 radical (unpaired) electrons. The van der Waals surface area contributed by atoms with Crippen molar-refractivity contribution < 1.29 is 9.59 Å². The van der Waals surface area contributed by atoms with E-state index < -0.39 is 0 Å². The summed E-state index contributed by atoms with van der Waals surface area (Å²) in [5, 5.41) is 0. The number of carbonyl (C=O) groups excluding carboxylic acids is 2. The molecule has 100 valence electrons. The van der Waals surface area contributed by atoms with Gasteiger partial charge in [-0.05, 0) is 25.2 Å². The summed E-state index contributed by atoms with van der Waals surface area (Å²) in [6, 6.07) is -0.347. The molecule has 4 nitrogen and oxygen atoms in total. The largest absolute Gasteiger partial charge is 0.392 e. The number of hydrogen-bond acceptors (Lipinski definition) is 3. The standard InChI is InChI=1S/C13H20N2O2S/c14-13(18)12(9-5-2-1-3-6-9)15-10(16)7-4-8-11(15)17/h9,12H,1-8H2,(H2,14,18). The summed E-state index contributed by atoms with van der Waals surface area (Å²) in [7, 11) is 0. The highest BCUT2D eigenvalue weighted by Gasteiger charge is 2.38. The zero-order valence-corrected chi connectivity index (χ0v) is 11.4. The van der Waals surface area contributed by atoms with Gasteiger partial charge in [0.1, 0.15) is 0 Å². The van der Waals surface area contributed by atoms with Crippen LogP contribution in [0.25, 0.3) is 0 Å². The van der Waals surface area contributed by atoms with Crippen LogP contribution in [0.2, 0.25) is 0 Å². The number of likely N-dealkylation sites (tertiary alicyclic amines) is 1. The molecule has 1 saturated heterocycles. The van der Waals surface area contributed by atoms with Crippen LogP contribution in [-0.4, -0.2) is 27.7 Å². The Morgan fingerprint density at radius 2 is 1.67 bits per heavy atom. The molecule has 1 aliphatic carbocycles. The summed E-state index contributed by atoms with van der Waals surface area (Å²) >= 11 is 5.12. The molecule has 2 amide bonds. The van der Waals surface area contributed by atoms with Gasteiger partial charge in [-0.15, -0.1) is 0 Å². The van der Waals surface area contributed by atoms with Gasteiger partial charge in [0.05, 0.1) is 11.0 Å². The van der Waals surface area contributed by atoms with Gasteiger partial charge in [0.2, 0.25) is 11.8 Å². The molecule has 2 N–H and O–H groups in total. The Bertz CT molecular complexity index is 348. The molecule has 18 heavy (non-hydrogen) atoms. The van der Waals surface area contributed by atoms with Crippen molar-refractivity contribution in [3.8, 4) is 0 Å². The molecule has 2 fully saturated rings. The van der Waals surface area contributed by atoms with E-state index >= 15 is 0 Å². The van der Waals surface area contributed by atoms with Crippen LogP contribution in [0.4, 0.5) is 0 Å². The maximum Gasteiger partial charge on any atom is 0.229 e. The first-order chi connectivity index (χ1) is 8.61. The topological polar surface area (TPSA) is 63.4 Å². The van der Waals surface area contributed by atoms with Gasteiger partial charge in [0.15, 0.2) is 0 Å². The van der Waals surface area contributed by atoms with Crippen LogP contribution in [-0.2, 0) is 9.59 Å². The van der Waals surface area contributed by atoms with E-state index in [0.717, 1.165) is 25.7 Å². The van der Waals surface area contributed by atoms with Gasteiger partial charge < -0.3 is 5.73 Å². The van der Waals surface area contributed by atoms with Crippen LogP contribution >= 0.6 is 12.2 Å². The van der Waals surface area contributed by atoms with Crippen molar-refractivity contribution in [3.63, 3.8) is 0 Å². The fourth-order valence-electron chi connectivity index (χ4n) is 3.10. The Morgan fingerprint density at radius 1 is 1.11 bits per heavy atom. The smallest absolute Gasteiger partial charge is 0.229 e. The van der Waals surface area contributed by atoms with Gasteiger partial charge in [-0.3, -0.25) is 14.5 Å². The maximum atomic E-state index is 12.0. The highest BCUT2D eigenvalue weighted by molar-refractivity contribution is 7.80. The monoisotopic (exact) mass is 268 g/mol. The van der Waals surface area contributed by atoms with Crippen molar-refractivity contribution in [2.75, 3.05) is 0 Å². The first-order valence-corrected chi connectivity index (χ1v) is 7.16. The third-order valence-corrected chi connectivity index (χ3v) is 4.23. The SMILES string of the molecule is NC(=S)C(C1CCCCC1)N1C(=O)CCCC1=O. The van der Waals surface area contributed by atoms with Crippen molar-refractivity contribution in [1.82, 2.24) is 4.90 Å². The van der Waals surface area contributed by atoms with Crippen LogP contribution < -0.4 is 5.73 Å². The van der Waals surface area contributed by atoms with Crippen LogP contribution in [0.5, 0.6) is 0 Å². The summed E-state index contributed by atoms with van der Waals surface area (Å²) < 4.78 is 0. The van der Waals surface area contributed by atoms with E-state index in [1.807, 2.05) is 0 Å².